The van der Waals surface area contributed by atoms with Gasteiger partial charge in [0.2, 0.25) is 5.91 Å². The van der Waals surface area contributed by atoms with Crippen molar-refractivity contribution in [1.82, 2.24) is 15.6 Å². The second-order valence-corrected chi connectivity index (χ2v) is 6.44. The number of aromatic nitrogens is 1. The Balaban J connectivity index is 1.93. The van der Waals surface area contributed by atoms with Crippen molar-refractivity contribution in [1.29, 1.82) is 0 Å². The Kier molecular flexibility index (Phi) is 6.36. The number of benzene rings is 1. The number of oxazole rings is 1. The van der Waals surface area contributed by atoms with Gasteiger partial charge in [-0.2, -0.15) is 0 Å². The van der Waals surface area contributed by atoms with Crippen LogP contribution >= 0.6 is 15.9 Å². The molecule has 0 saturated carbocycles. The first-order chi connectivity index (χ1) is 11.0. The first kappa shape index (κ1) is 17.7. The van der Waals surface area contributed by atoms with Crippen molar-refractivity contribution in [3.05, 3.63) is 40.3 Å². The highest BCUT2D eigenvalue weighted by molar-refractivity contribution is 9.10. The number of likely N-dealkylation sites (N-methyl/N-ethyl adjacent to an activating group) is 1. The monoisotopic (exact) mass is 379 g/mol. The van der Waals surface area contributed by atoms with E-state index in [9.17, 15) is 4.79 Å². The first-order valence-corrected chi connectivity index (χ1v) is 8.45. The molecule has 1 atom stereocenters. The molecule has 0 aliphatic rings. The fraction of sp³-hybridized carbons (Fsp3) is 0.412. The summed E-state index contributed by atoms with van der Waals surface area (Å²) >= 11 is 3.42. The fourth-order valence-electron chi connectivity index (χ4n) is 2.11. The summed E-state index contributed by atoms with van der Waals surface area (Å²) in [6.07, 6.45) is 0.868. The number of hydrogen-bond acceptors (Lipinski definition) is 4. The quantitative estimate of drug-likeness (QED) is 0.775. The van der Waals surface area contributed by atoms with Crippen LogP contribution in [0.4, 0.5) is 0 Å². The highest BCUT2D eigenvalue weighted by Crippen LogP contribution is 2.26. The van der Waals surface area contributed by atoms with Crippen LogP contribution in [0.15, 0.2) is 33.2 Å². The van der Waals surface area contributed by atoms with Crippen LogP contribution in [0.25, 0.3) is 11.3 Å². The Morgan fingerprint density at radius 2 is 2.04 bits per heavy atom. The molecule has 6 heteroatoms. The van der Waals surface area contributed by atoms with E-state index >= 15 is 0 Å². The molecule has 2 N–H and O–H groups in total. The van der Waals surface area contributed by atoms with Crippen molar-refractivity contribution in [3.8, 4) is 11.3 Å². The second-order valence-electron chi connectivity index (χ2n) is 5.52. The van der Waals surface area contributed by atoms with E-state index < -0.39 is 0 Å². The third kappa shape index (κ3) is 5.18. The molecule has 0 fully saturated rings. The molecule has 2 aromatic rings. The predicted molar refractivity (Wildman–Crippen MR) is 94.2 cm³/mol. The Morgan fingerprint density at radius 1 is 1.35 bits per heavy atom. The lowest BCUT2D eigenvalue weighted by atomic mass is 10.1. The topological polar surface area (TPSA) is 67.2 Å². The van der Waals surface area contributed by atoms with Gasteiger partial charge in [0.05, 0.1) is 5.69 Å². The van der Waals surface area contributed by atoms with Crippen molar-refractivity contribution < 1.29 is 9.21 Å². The summed E-state index contributed by atoms with van der Waals surface area (Å²) < 4.78 is 6.84. The minimum Gasteiger partial charge on any atom is -0.440 e. The number of rotatable bonds is 7. The van der Waals surface area contributed by atoms with E-state index in [4.69, 9.17) is 4.42 Å². The van der Waals surface area contributed by atoms with E-state index in [1.165, 1.54) is 0 Å². The maximum atomic E-state index is 11.8. The third-order valence-electron chi connectivity index (χ3n) is 3.61. The molecule has 0 saturated heterocycles. The van der Waals surface area contributed by atoms with E-state index in [-0.39, 0.29) is 11.9 Å². The molecule has 1 aromatic heterocycles. The van der Waals surface area contributed by atoms with E-state index in [0.29, 0.717) is 25.3 Å². The summed E-state index contributed by atoms with van der Waals surface area (Å²) in [5.41, 5.74) is 1.82. The summed E-state index contributed by atoms with van der Waals surface area (Å²) in [7, 11) is 1.87. The number of aryl methyl sites for hydroxylation is 2. The van der Waals surface area contributed by atoms with Crippen LogP contribution in [-0.4, -0.2) is 30.5 Å². The summed E-state index contributed by atoms with van der Waals surface area (Å²) in [5.74, 6) is 1.36. The lowest BCUT2D eigenvalue weighted by Crippen LogP contribution is -2.37. The van der Waals surface area contributed by atoms with Crippen LogP contribution in [-0.2, 0) is 11.2 Å². The van der Waals surface area contributed by atoms with Gasteiger partial charge in [-0.05, 0) is 33.0 Å². The summed E-state index contributed by atoms with van der Waals surface area (Å²) in [5, 5.41) is 5.96. The Bertz CT molecular complexity index is 652. The van der Waals surface area contributed by atoms with Crippen LogP contribution in [0.3, 0.4) is 0 Å². The van der Waals surface area contributed by atoms with Crippen molar-refractivity contribution in [2.75, 3.05) is 13.6 Å². The van der Waals surface area contributed by atoms with Crippen molar-refractivity contribution >= 4 is 21.8 Å². The molecule has 1 amide bonds. The van der Waals surface area contributed by atoms with Crippen molar-refractivity contribution in [3.63, 3.8) is 0 Å². The molecule has 124 valence electrons. The number of carbonyl (C=O) groups excluding carboxylic acids is 1. The molecule has 1 aromatic carbocycles. The zero-order valence-electron chi connectivity index (χ0n) is 13.6. The number of carbonyl (C=O) groups is 1. The Labute approximate surface area is 145 Å². The zero-order valence-corrected chi connectivity index (χ0v) is 15.2. The fourth-order valence-corrected chi connectivity index (χ4v) is 2.37. The van der Waals surface area contributed by atoms with Crippen LogP contribution < -0.4 is 10.6 Å². The normalized spacial score (nSPS) is 12.2. The van der Waals surface area contributed by atoms with Gasteiger partial charge in [-0.25, -0.2) is 4.98 Å². The molecule has 1 heterocycles. The molecule has 5 nitrogen and oxygen atoms in total. The zero-order chi connectivity index (χ0) is 16.8. The summed E-state index contributed by atoms with van der Waals surface area (Å²) in [4.78, 5) is 16.2. The van der Waals surface area contributed by atoms with Crippen LogP contribution in [0.5, 0.6) is 0 Å². The minimum atomic E-state index is 0.00754. The third-order valence-corrected chi connectivity index (χ3v) is 4.14. The van der Waals surface area contributed by atoms with Crippen molar-refractivity contribution in [2.24, 2.45) is 0 Å². The van der Waals surface area contributed by atoms with Gasteiger partial charge in [-0.1, -0.05) is 28.1 Å². The Morgan fingerprint density at radius 3 is 2.70 bits per heavy atom. The SMILES string of the molecule is CNC(C)CNC(=O)CCc1nc(C)c(-c2ccc(Br)cc2)o1. The molecule has 1 unspecified atom stereocenters. The highest BCUT2D eigenvalue weighted by Gasteiger charge is 2.13. The van der Waals surface area contributed by atoms with Crippen LogP contribution in [0, 0.1) is 6.92 Å². The van der Waals surface area contributed by atoms with Gasteiger partial charge in [-0.15, -0.1) is 0 Å². The van der Waals surface area contributed by atoms with Gasteiger partial charge in [0.15, 0.2) is 11.7 Å². The van der Waals surface area contributed by atoms with Gasteiger partial charge < -0.3 is 15.1 Å². The van der Waals surface area contributed by atoms with Gasteiger partial charge in [-0.3, -0.25) is 4.79 Å². The standard InChI is InChI=1S/C17H22BrN3O2/c1-11(19-3)10-20-15(22)8-9-16-21-12(2)17(23-16)13-4-6-14(18)7-5-13/h4-7,11,19H,8-10H2,1-3H3,(H,20,22). The summed E-state index contributed by atoms with van der Waals surface area (Å²) in [6, 6.07) is 8.15. The molecule has 0 aliphatic carbocycles. The van der Waals surface area contributed by atoms with Gasteiger partial charge in [0.25, 0.3) is 0 Å². The predicted octanol–water partition coefficient (Wildman–Crippen LogP) is 3.07. The molecule has 0 radical (unpaired) electrons. The largest absolute Gasteiger partial charge is 0.440 e. The number of nitrogens with zero attached hydrogens (tertiary/aromatic N) is 1. The second kappa shape index (κ2) is 8.26. The molecule has 0 aliphatic heterocycles. The molecule has 0 spiro atoms. The van der Waals surface area contributed by atoms with Gasteiger partial charge >= 0.3 is 0 Å². The lowest BCUT2D eigenvalue weighted by Gasteiger charge is -2.10. The minimum absolute atomic E-state index is 0.00754. The molecular formula is C17H22BrN3O2. The molecular weight excluding hydrogens is 358 g/mol. The van der Waals surface area contributed by atoms with E-state index in [1.807, 2.05) is 45.2 Å². The van der Waals surface area contributed by atoms with Crippen LogP contribution in [0.2, 0.25) is 0 Å². The molecule has 0 bridgehead atoms. The van der Waals surface area contributed by atoms with Gasteiger partial charge in [0, 0.05) is 35.5 Å². The number of nitrogens with one attached hydrogen (secondary N) is 2. The molecule has 2 rings (SSSR count). The first-order valence-electron chi connectivity index (χ1n) is 7.65. The lowest BCUT2D eigenvalue weighted by molar-refractivity contribution is -0.121. The van der Waals surface area contributed by atoms with E-state index in [0.717, 1.165) is 21.5 Å². The molecule has 23 heavy (non-hydrogen) atoms. The smallest absolute Gasteiger partial charge is 0.220 e. The maximum absolute atomic E-state index is 11.8. The number of halogens is 1. The average molecular weight is 380 g/mol. The van der Waals surface area contributed by atoms with Crippen LogP contribution in [0.1, 0.15) is 24.9 Å². The Hall–Kier alpha value is -1.66. The maximum Gasteiger partial charge on any atom is 0.220 e. The number of amides is 1. The summed E-state index contributed by atoms with van der Waals surface area (Å²) in [6.45, 7) is 4.55. The average Bonchev–Trinajstić information content (AvgIpc) is 2.92. The van der Waals surface area contributed by atoms with Gasteiger partial charge in [0.1, 0.15) is 0 Å². The highest BCUT2D eigenvalue weighted by atomic mass is 79.9. The number of hydrogen-bond donors (Lipinski definition) is 2. The van der Waals surface area contributed by atoms with Crippen molar-refractivity contribution in [2.45, 2.75) is 32.7 Å². The van der Waals surface area contributed by atoms with E-state index in [1.54, 1.807) is 0 Å². The van der Waals surface area contributed by atoms with E-state index in [2.05, 4.69) is 31.5 Å².